The van der Waals surface area contributed by atoms with E-state index in [-0.39, 0.29) is 0 Å². The number of benzene rings is 1. The fourth-order valence-electron chi connectivity index (χ4n) is 2.00. The lowest BCUT2D eigenvalue weighted by Gasteiger charge is -2.17. The first-order valence-electron chi connectivity index (χ1n) is 7.02. The lowest BCUT2D eigenvalue weighted by molar-refractivity contribution is 0.553. The zero-order valence-electron chi connectivity index (χ0n) is 11.9. The molecule has 1 nitrogen and oxygen atoms in total. The van der Waals surface area contributed by atoms with Crippen molar-refractivity contribution in [3.63, 3.8) is 0 Å². The van der Waals surface area contributed by atoms with Gasteiger partial charge in [-0.15, -0.1) is 23.1 Å². The van der Waals surface area contributed by atoms with Gasteiger partial charge in [-0.3, -0.25) is 0 Å². The Balaban J connectivity index is 1.92. The van der Waals surface area contributed by atoms with Crippen LogP contribution in [0.4, 0.5) is 0 Å². The molecule has 1 unspecified atom stereocenters. The van der Waals surface area contributed by atoms with Crippen molar-refractivity contribution in [2.75, 3.05) is 12.3 Å². The van der Waals surface area contributed by atoms with Gasteiger partial charge >= 0.3 is 0 Å². The van der Waals surface area contributed by atoms with Crippen LogP contribution in [-0.4, -0.2) is 18.3 Å². The highest BCUT2D eigenvalue weighted by Gasteiger charge is 2.11. The molecule has 1 atom stereocenters. The maximum absolute atomic E-state index is 6.04. The van der Waals surface area contributed by atoms with Crippen LogP contribution in [0.15, 0.2) is 45.1 Å². The third-order valence-corrected chi connectivity index (χ3v) is 6.11. The minimum absolute atomic E-state index is 0.486. The number of halogens is 2. The first kappa shape index (κ1) is 17.4. The molecule has 0 radical (unpaired) electrons. The van der Waals surface area contributed by atoms with Gasteiger partial charge in [0.25, 0.3) is 0 Å². The van der Waals surface area contributed by atoms with E-state index in [0.717, 1.165) is 30.2 Å². The van der Waals surface area contributed by atoms with E-state index in [0.29, 0.717) is 6.04 Å². The van der Waals surface area contributed by atoms with Crippen LogP contribution < -0.4 is 5.32 Å². The lowest BCUT2D eigenvalue weighted by Crippen LogP contribution is -2.33. The Kier molecular flexibility index (Phi) is 7.61. The summed E-state index contributed by atoms with van der Waals surface area (Å²) in [5, 5.41) is 6.60. The number of nitrogens with one attached hydrogen (secondary N) is 1. The minimum Gasteiger partial charge on any atom is -0.313 e. The maximum atomic E-state index is 6.04. The highest BCUT2D eigenvalue weighted by atomic mass is 79.9. The summed E-state index contributed by atoms with van der Waals surface area (Å²) in [7, 11) is 0. The summed E-state index contributed by atoms with van der Waals surface area (Å²) in [6.45, 7) is 3.27. The Hall–Kier alpha value is -0.0000000000000000833. The molecule has 21 heavy (non-hydrogen) atoms. The second kappa shape index (κ2) is 9.21. The Morgan fingerprint density at radius 3 is 2.90 bits per heavy atom. The van der Waals surface area contributed by atoms with Crippen molar-refractivity contribution in [3.05, 3.63) is 50.1 Å². The average molecular weight is 405 g/mol. The topological polar surface area (TPSA) is 12.0 Å². The van der Waals surface area contributed by atoms with E-state index in [1.165, 1.54) is 14.2 Å². The molecular formula is C16H19BrClNS2. The zero-order valence-corrected chi connectivity index (χ0v) is 15.9. The van der Waals surface area contributed by atoms with E-state index in [1.807, 2.05) is 41.3 Å². The summed E-state index contributed by atoms with van der Waals surface area (Å²) in [5.41, 5.74) is 0. The van der Waals surface area contributed by atoms with Crippen molar-refractivity contribution in [1.29, 1.82) is 0 Å². The van der Waals surface area contributed by atoms with E-state index in [1.54, 1.807) is 0 Å². The van der Waals surface area contributed by atoms with Gasteiger partial charge in [0.15, 0.2) is 0 Å². The second-order valence-electron chi connectivity index (χ2n) is 4.85. The lowest BCUT2D eigenvalue weighted by atomic mass is 10.2. The zero-order chi connectivity index (χ0) is 15.1. The van der Waals surface area contributed by atoms with Crippen LogP contribution in [0, 0.1) is 0 Å². The molecule has 0 aliphatic heterocycles. The van der Waals surface area contributed by atoms with Crippen LogP contribution in [0.1, 0.15) is 18.2 Å². The fourth-order valence-corrected chi connectivity index (χ4v) is 4.80. The van der Waals surface area contributed by atoms with Crippen molar-refractivity contribution < 1.29 is 0 Å². The number of thioether (sulfide) groups is 1. The molecule has 1 aromatic heterocycles. The molecule has 0 spiro atoms. The quantitative estimate of drug-likeness (QED) is 0.552. The summed E-state index contributed by atoms with van der Waals surface area (Å²) in [6, 6.07) is 10.8. The van der Waals surface area contributed by atoms with E-state index in [9.17, 15) is 0 Å². The van der Waals surface area contributed by atoms with Crippen LogP contribution >= 0.6 is 50.6 Å². The first-order valence-corrected chi connectivity index (χ1v) is 10.1. The smallest absolute Gasteiger partial charge is 0.0417 e. The molecule has 0 saturated heterocycles. The molecular weight excluding hydrogens is 386 g/mol. The van der Waals surface area contributed by atoms with Crippen LogP contribution in [0.5, 0.6) is 0 Å². The van der Waals surface area contributed by atoms with Crippen LogP contribution in [0.25, 0.3) is 0 Å². The molecule has 0 aliphatic carbocycles. The Labute approximate surface area is 148 Å². The molecule has 0 aliphatic rings. The van der Waals surface area contributed by atoms with Crippen molar-refractivity contribution in [3.8, 4) is 0 Å². The number of hydrogen-bond acceptors (Lipinski definition) is 3. The highest BCUT2D eigenvalue weighted by molar-refractivity contribution is 9.10. The predicted molar refractivity (Wildman–Crippen MR) is 100.0 cm³/mol. The number of rotatable bonds is 8. The molecule has 114 valence electrons. The minimum atomic E-state index is 0.486. The Morgan fingerprint density at radius 2 is 2.24 bits per heavy atom. The number of hydrogen-bond donors (Lipinski definition) is 1. The highest BCUT2D eigenvalue weighted by Crippen LogP contribution is 2.25. The van der Waals surface area contributed by atoms with Gasteiger partial charge in [-0.25, -0.2) is 0 Å². The monoisotopic (exact) mass is 403 g/mol. The predicted octanol–water partition coefficient (Wildman–Crippen LogP) is 5.87. The van der Waals surface area contributed by atoms with Crippen LogP contribution in [-0.2, 0) is 6.42 Å². The van der Waals surface area contributed by atoms with Gasteiger partial charge in [0, 0.05) is 36.4 Å². The Bertz CT molecular complexity index is 559. The largest absolute Gasteiger partial charge is 0.313 e. The fraction of sp³-hybridized carbons (Fsp3) is 0.375. The third kappa shape index (κ3) is 6.33. The Morgan fingerprint density at radius 1 is 1.38 bits per heavy atom. The average Bonchev–Trinajstić information content (AvgIpc) is 2.87. The molecule has 0 saturated carbocycles. The van der Waals surface area contributed by atoms with Crippen molar-refractivity contribution in [2.45, 2.75) is 30.7 Å². The molecule has 0 fully saturated rings. The van der Waals surface area contributed by atoms with Gasteiger partial charge in [0.05, 0.1) is 0 Å². The third-order valence-electron chi connectivity index (χ3n) is 3.00. The van der Waals surface area contributed by atoms with E-state index in [4.69, 9.17) is 11.6 Å². The van der Waals surface area contributed by atoms with Gasteiger partial charge in [-0.05, 0) is 59.6 Å². The van der Waals surface area contributed by atoms with Gasteiger partial charge < -0.3 is 5.32 Å². The van der Waals surface area contributed by atoms with Crippen LogP contribution in [0.2, 0.25) is 5.02 Å². The molecule has 2 rings (SSSR count). The summed E-state index contributed by atoms with van der Waals surface area (Å²) in [4.78, 5) is 2.65. The van der Waals surface area contributed by atoms with Crippen LogP contribution in [0.3, 0.4) is 0 Å². The molecule has 1 aromatic carbocycles. The van der Waals surface area contributed by atoms with Crippen molar-refractivity contribution in [1.82, 2.24) is 5.32 Å². The summed E-state index contributed by atoms with van der Waals surface area (Å²) < 4.78 is 1.18. The van der Waals surface area contributed by atoms with Crippen molar-refractivity contribution >= 4 is 50.6 Å². The van der Waals surface area contributed by atoms with Gasteiger partial charge in [-0.1, -0.05) is 24.6 Å². The first-order chi connectivity index (χ1) is 10.2. The molecule has 0 amide bonds. The van der Waals surface area contributed by atoms with Crippen molar-refractivity contribution in [2.24, 2.45) is 0 Å². The molecule has 2 aromatic rings. The standard InChI is InChI=1S/C16H19BrClNS2/c1-2-6-19-14(9-16-7-12(17)10-20-16)11-21-15-5-3-4-13(18)8-15/h3-5,7-8,10,14,19H,2,6,9,11H2,1H3. The summed E-state index contributed by atoms with van der Waals surface area (Å²) >= 11 is 13.3. The number of thiophene rings is 1. The molecule has 0 bridgehead atoms. The summed E-state index contributed by atoms with van der Waals surface area (Å²) in [6.07, 6.45) is 2.23. The molecule has 5 heteroatoms. The normalized spacial score (nSPS) is 12.5. The van der Waals surface area contributed by atoms with Gasteiger partial charge in [0.1, 0.15) is 0 Å². The van der Waals surface area contributed by atoms with E-state index < -0.39 is 0 Å². The second-order valence-corrected chi connectivity index (χ2v) is 8.30. The maximum Gasteiger partial charge on any atom is 0.0417 e. The van der Waals surface area contributed by atoms with E-state index in [2.05, 4.69) is 45.7 Å². The molecule has 1 heterocycles. The summed E-state index contributed by atoms with van der Waals surface area (Å²) in [5.74, 6) is 1.05. The van der Waals surface area contributed by atoms with Gasteiger partial charge in [0.2, 0.25) is 0 Å². The van der Waals surface area contributed by atoms with Gasteiger partial charge in [-0.2, -0.15) is 0 Å². The molecule has 1 N–H and O–H groups in total. The van der Waals surface area contributed by atoms with E-state index >= 15 is 0 Å². The SMILES string of the molecule is CCCNC(CSc1cccc(Cl)c1)Cc1cc(Br)cs1.